The van der Waals surface area contributed by atoms with Crippen molar-refractivity contribution in [3.05, 3.63) is 29.3 Å². The van der Waals surface area contributed by atoms with Crippen LogP contribution in [0, 0.1) is 6.92 Å². The SMILES string of the molecule is CCN(CC)CCCN(CC)C(=O)c1ccc(O)c(C)c1. The first-order chi connectivity index (χ1) is 10.0. The first kappa shape index (κ1) is 17.5. The number of benzene rings is 1. The molecular weight excluding hydrogens is 264 g/mol. The lowest BCUT2D eigenvalue weighted by molar-refractivity contribution is 0.0757. The van der Waals surface area contributed by atoms with Gasteiger partial charge in [-0.05, 0) is 63.7 Å². The van der Waals surface area contributed by atoms with E-state index in [1.165, 1.54) is 0 Å². The fraction of sp³-hybridized carbons (Fsp3) is 0.588. The standard InChI is InChI=1S/C17H28N2O2/c1-5-18(6-2)11-8-12-19(7-3)17(21)15-9-10-16(20)14(4)13-15/h9-10,13,20H,5-8,11-12H2,1-4H3. The summed E-state index contributed by atoms with van der Waals surface area (Å²) in [6.07, 6.45) is 0.984. The third-order valence-corrected chi connectivity index (χ3v) is 3.91. The highest BCUT2D eigenvalue weighted by molar-refractivity contribution is 5.94. The molecule has 118 valence electrons. The number of hydrogen-bond donors (Lipinski definition) is 1. The van der Waals surface area contributed by atoms with Crippen molar-refractivity contribution in [2.45, 2.75) is 34.1 Å². The predicted octanol–water partition coefficient (Wildman–Crippen LogP) is 2.89. The fourth-order valence-corrected chi connectivity index (χ4v) is 2.40. The van der Waals surface area contributed by atoms with Crippen molar-refractivity contribution >= 4 is 5.91 Å². The lowest BCUT2D eigenvalue weighted by Crippen LogP contribution is -2.34. The summed E-state index contributed by atoms with van der Waals surface area (Å²) in [5, 5.41) is 9.55. The summed E-state index contributed by atoms with van der Waals surface area (Å²) < 4.78 is 0. The average Bonchev–Trinajstić information content (AvgIpc) is 2.50. The Kier molecular flexibility index (Phi) is 7.23. The number of nitrogens with zero attached hydrogens (tertiary/aromatic N) is 2. The van der Waals surface area contributed by atoms with E-state index < -0.39 is 0 Å². The number of hydrogen-bond acceptors (Lipinski definition) is 3. The summed E-state index contributed by atoms with van der Waals surface area (Å²) in [7, 11) is 0. The number of carbonyl (C=O) groups excluding carboxylic acids is 1. The largest absolute Gasteiger partial charge is 0.508 e. The molecule has 0 radical (unpaired) electrons. The van der Waals surface area contributed by atoms with Gasteiger partial charge in [0, 0.05) is 18.7 Å². The summed E-state index contributed by atoms with van der Waals surface area (Å²) in [6, 6.07) is 5.04. The van der Waals surface area contributed by atoms with Crippen LogP contribution in [0.15, 0.2) is 18.2 Å². The number of rotatable bonds is 8. The van der Waals surface area contributed by atoms with Crippen molar-refractivity contribution < 1.29 is 9.90 Å². The molecule has 0 atom stereocenters. The van der Waals surface area contributed by atoms with Crippen LogP contribution in [-0.2, 0) is 0 Å². The van der Waals surface area contributed by atoms with E-state index in [9.17, 15) is 9.90 Å². The van der Waals surface area contributed by atoms with Gasteiger partial charge in [0.25, 0.3) is 5.91 Å². The van der Waals surface area contributed by atoms with Crippen LogP contribution in [0.5, 0.6) is 5.75 Å². The number of phenolic OH excluding ortho intramolecular Hbond substituents is 1. The third kappa shape index (κ3) is 5.05. The van der Waals surface area contributed by atoms with Gasteiger partial charge in [0.15, 0.2) is 0 Å². The van der Waals surface area contributed by atoms with Crippen LogP contribution in [-0.4, -0.2) is 53.5 Å². The zero-order valence-corrected chi connectivity index (χ0v) is 13.7. The van der Waals surface area contributed by atoms with Crippen molar-refractivity contribution in [1.29, 1.82) is 0 Å². The van der Waals surface area contributed by atoms with Crippen LogP contribution in [0.4, 0.5) is 0 Å². The molecule has 0 aromatic heterocycles. The maximum Gasteiger partial charge on any atom is 0.253 e. The third-order valence-electron chi connectivity index (χ3n) is 3.91. The zero-order valence-electron chi connectivity index (χ0n) is 13.7. The highest BCUT2D eigenvalue weighted by Crippen LogP contribution is 2.18. The monoisotopic (exact) mass is 292 g/mol. The highest BCUT2D eigenvalue weighted by atomic mass is 16.3. The molecule has 0 fully saturated rings. The Bertz CT molecular complexity index is 456. The maximum absolute atomic E-state index is 12.5. The lowest BCUT2D eigenvalue weighted by atomic mass is 10.1. The Hall–Kier alpha value is -1.55. The maximum atomic E-state index is 12.5. The molecule has 21 heavy (non-hydrogen) atoms. The Morgan fingerprint density at radius 2 is 1.76 bits per heavy atom. The van der Waals surface area contributed by atoms with E-state index in [0.29, 0.717) is 12.1 Å². The molecule has 4 heteroatoms. The second kappa shape index (κ2) is 8.67. The van der Waals surface area contributed by atoms with Gasteiger partial charge in [0.05, 0.1) is 0 Å². The van der Waals surface area contributed by atoms with Crippen molar-refractivity contribution in [2.75, 3.05) is 32.7 Å². The Labute approximate surface area is 128 Å². The lowest BCUT2D eigenvalue weighted by Gasteiger charge is -2.24. The molecule has 0 spiro atoms. The van der Waals surface area contributed by atoms with Crippen LogP contribution in [0.2, 0.25) is 0 Å². The summed E-state index contributed by atoms with van der Waals surface area (Å²) >= 11 is 0. The number of aryl methyl sites for hydroxylation is 1. The molecule has 1 amide bonds. The van der Waals surface area contributed by atoms with Gasteiger partial charge in [-0.2, -0.15) is 0 Å². The molecule has 0 saturated heterocycles. The van der Waals surface area contributed by atoms with Crippen LogP contribution in [0.1, 0.15) is 43.1 Å². The van der Waals surface area contributed by atoms with E-state index in [1.54, 1.807) is 18.2 Å². The quantitative estimate of drug-likeness (QED) is 0.801. The topological polar surface area (TPSA) is 43.8 Å². The van der Waals surface area contributed by atoms with Crippen LogP contribution in [0.3, 0.4) is 0 Å². The van der Waals surface area contributed by atoms with Gasteiger partial charge in [-0.15, -0.1) is 0 Å². The minimum Gasteiger partial charge on any atom is -0.508 e. The molecule has 0 aliphatic heterocycles. The molecule has 1 aromatic carbocycles. The van der Waals surface area contributed by atoms with Crippen molar-refractivity contribution in [3.8, 4) is 5.75 Å². The van der Waals surface area contributed by atoms with Crippen LogP contribution in [0.25, 0.3) is 0 Å². The summed E-state index contributed by atoms with van der Waals surface area (Å²) in [5.74, 6) is 0.274. The van der Waals surface area contributed by atoms with Gasteiger partial charge in [-0.3, -0.25) is 4.79 Å². The second-order valence-electron chi connectivity index (χ2n) is 5.27. The van der Waals surface area contributed by atoms with Gasteiger partial charge >= 0.3 is 0 Å². The number of carbonyl (C=O) groups is 1. The molecule has 0 aliphatic carbocycles. The Morgan fingerprint density at radius 1 is 1.10 bits per heavy atom. The van der Waals surface area contributed by atoms with Crippen molar-refractivity contribution in [3.63, 3.8) is 0 Å². The number of phenols is 1. The van der Waals surface area contributed by atoms with E-state index in [-0.39, 0.29) is 11.7 Å². The normalized spacial score (nSPS) is 10.9. The Morgan fingerprint density at radius 3 is 2.29 bits per heavy atom. The molecular formula is C17H28N2O2. The van der Waals surface area contributed by atoms with E-state index in [2.05, 4.69) is 18.7 Å². The van der Waals surface area contributed by atoms with E-state index in [4.69, 9.17) is 0 Å². The molecule has 4 nitrogen and oxygen atoms in total. The molecule has 1 aromatic rings. The zero-order chi connectivity index (χ0) is 15.8. The average molecular weight is 292 g/mol. The second-order valence-corrected chi connectivity index (χ2v) is 5.27. The molecule has 1 N–H and O–H groups in total. The first-order valence-corrected chi connectivity index (χ1v) is 7.84. The van der Waals surface area contributed by atoms with Gasteiger partial charge in [0.1, 0.15) is 5.75 Å². The fourth-order valence-electron chi connectivity index (χ4n) is 2.40. The smallest absolute Gasteiger partial charge is 0.253 e. The molecule has 0 unspecified atom stereocenters. The van der Waals surface area contributed by atoms with E-state index in [0.717, 1.165) is 38.2 Å². The molecule has 0 saturated carbocycles. The van der Waals surface area contributed by atoms with Gasteiger partial charge in [0.2, 0.25) is 0 Å². The summed E-state index contributed by atoms with van der Waals surface area (Å²) in [4.78, 5) is 16.7. The molecule has 0 heterocycles. The van der Waals surface area contributed by atoms with Crippen LogP contribution < -0.4 is 0 Å². The van der Waals surface area contributed by atoms with Gasteiger partial charge in [-0.1, -0.05) is 13.8 Å². The predicted molar refractivity (Wildman–Crippen MR) is 86.8 cm³/mol. The summed E-state index contributed by atoms with van der Waals surface area (Å²) in [6.45, 7) is 12.7. The van der Waals surface area contributed by atoms with Crippen LogP contribution >= 0.6 is 0 Å². The molecule has 0 bridgehead atoms. The number of aromatic hydroxyl groups is 1. The molecule has 1 rings (SSSR count). The Balaban J connectivity index is 2.62. The minimum atomic E-state index is 0.0418. The minimum absolute atomic E-state index is 0.0418. The van der Waals surface area contributed by atoms with E-state index in [1.807, 2.05) is 18.7 Å². The number of amides is 1. The van der Waals surface area contributed by atoms with E-state index >= 15 is 0 Å². The van der Waals surface area contributed by atoms with Crippen molar-refractivity contribution in [1.82, 2.24) is 9.80 Å². The highest BCUT2D eigenvalue weighted by Gasteiger charge is 2.15. The van der Waals surface area contributed by atoms with Crippen molar-refractivity contribution in [2.24, 2.45) is 0 Å². The van der Waals surface area contributed by atoms with Gasteiger partial charge in [-0.25, -0.2) is 0 Å². The first-order valence-electron chi connectivity index (χ1n) is 7.84. The molecule has 0 aliphatic rings. The summed E-state index contributed by atoms with van der Waals surface area (Å²) in [5.41, 5.74) is 1.38. The van der Waals surface area contributed by atoms with Gasteiger partial charge < -0.3 is 14.9 Å².